The Bertz CT molecular complexity index is 1060. The molecule has 0 aromatic heterocycles. The number of carbonyl (C=O) groups excluding carboxylic acids is 1. The van der Waals surface area contributed by atoms with Crippen molar-refractivity contribution in [1.29, 1.82) is 0 Å². The Balaban J connectivity index is 1.64. The second-order valence-corrected chi connectivity index (χ2v) is 8.89. The molecular weight excluding hydrogens is 390 g/mol. The van der Waals surface area contributed by atoms with Crippen molar-refractivity contribution >= 4 is 11.9 Å². The van der Waals surface area contributed by atoms with E-state index in [0.717, 1.165) is 53.9 Å². The fourth-order valence-electron chi connectivity index (χ4n) is 5.35. The average molecular weight is 420 g/mol. The molecule has 0 saturated heterocycles. The second-order valence-electron chi connectivity index (χ2n) is 8.89. The van der Waals surface area contributed by atoms with Gasteiger partial charge >= 0.3 is 0 Å². The van der Waals surface area contributed by atoms with Crippen LogP contribution in [0, 0.1) is 0 Å². The van der Waals surface area contributed by atoms with E-state index >= 15 is 0 Å². The van der Waals surface area contributed by atoms with E-state index in [2.05, 4.69) is 6.07 Å². The molecule has 1 saturated carbocycles. The molecule has 2 N–H and O–H groups in total. The maximum absolute atomic E-state index is 13.5. The summed E-state index contributed by atoms with van der Waals surface area (Å²) in [7, 11) is 1.70. The number of ether oxygens (including phenoxy) is 2. The Kier molecular flexibility index (Phi) is 4.68. The third-order valence-corrected chi connectivity index (χ3v) is 6.88. The quantitative estimate of drug-likeness (QED) is 0.808. The van der Waals surface area contributed by atoms with Crippen molar-refractivity contribution in [2.75, 3.05) is 13.7 Å². The molecule has 6 heteroatoms. The number of aliphatic imine (C=N–C) groups is 1. The third kappa shape index (κ3) is 3.16. The van der Waals surface area contributed by atoms with Crippen LogP contribution in [-0.2, 0) is 10.3 Å². The van der Waals surface area contributed by atoms with Crippen LogP contribution in [0.25, 0.3) is 11.1 Å². The van der Waals surface area contributed by atoms with Gasteiger partial charge in [-0.2, -0.15) is 0 Å². The molecule has 1 unspecified atom stereocenters. The van der Waals surface area contributed by atoms with Gasteiger partial charge in [0.2, 0.25) is 0 Å². The number of nitrogens with zero attached hydrogens (tertiary/aromatic N) is 2. The Morgan fingerprint density at radius 1 is 1.13 bits per heavy atom. The molecule has 2 aromatic carbocycles. The summed E-state index contributed by atoms with van der Waals surface area (Å²) in [4.78, 5) is 19.8. The Morgan fingerprint density at radius 3 is 2.61 bits per heavy atom. The van der Waals surface area contributed by atoms with E-state index in [1.54, 1.807) is 7.05 Å². The first-order valence-electron chi connectivity index (χ1n) is 11.2. The lowest BCUT2D eigenvalue weighted by Gasteiger charge is -2.47. The van der Waals surface area contributed by atoms with Crippen LogP contribution < -0.4 is 15.2 Å². The van der Waals surface area contributed by atoms with Crippen molar-refractivity contribution in [1.82, 2.24) is 4.90 Å². The maximum Gasteiger partial charge on any atom is 0.261 e. The van der Waals surface area contributed by atoms with Gasteiger partial charge in [-0.1, -0.05) is 24.6 Å². The minimum absolute atomic E-state index is 0.0697. The summed E-state index contributed by atoms with van der Waals surface area (Å²) in [5.74, 6) is 1.77. The number of rotatable bonds is 3. The summed E-state index contributed by atoms with van der Waals surface area (Å²) in [6.45, 7) is 2.58. The number of hydrogen-bond donors (Lipinski definition) is 1. The molecule has 1 atom stereocenters. The predicted molar refractivity (Wildman–Crippen MR) is 120 cm³/mol. The predicted octanol–water partition coefficient (Wildman–Crippen LogP) is 4.22. The largest absolute Gasteiger partial charge is 0.494 e. The van der Waals surface area contributed by atoms with Crippen LogP contribution in [0.3, 0.4) is 0 Å². The summed E-state index contributed by atoms with van der Waals surface area (Å²) in [6, 6.07) is 14.1. The number of guanidine groups is 1. The molecule has 5 rings (SSSR count). The van der Waals surface area contributed by atoms with Crippen molar-refractivity contribution in [2.24, 2.45) is 10.7 Å². The number of amides is 1. The fraction of sp³-hybridized carbons (Fsp3) is 0.440. The highest BCUT2D eigenvalue weighted by Gasteiger charge is 2.58. The zero-order chi connectivity index (χ0) is 21.6. The number of hydrogen-bond acceptors (Lipinski definition) is 5. The molecule has 162 valence electrons. The number of carbonyl (C=O) groups is 1. The zero-order valence-corrected chi connectivity index (χ0v) is 18.2. The third-order valence-electron chi connectivity index (χ3n) is 6.88. The highest BCUT2D eigenvalue weighted by atomic mass is 16.5. The van der Waals surface area contributed by atoms with Gasteiger partial charge in [-0.15, -0.1) is 0 Å². The first-order chi connectivity index (χ1) is 15.0. The van der Waals surface area contributed by atoms with Crippen LogP contribution in [0.1, 0.15) is 51.0 Å². The van der Waals surface area contributed by atoms with E-state index in [9.17, 15) is 4.79 Å². The van der Waals surface area contributed by atoms with E-state index in [-0.39, 0.29) is 17.5 Å². The van der Waals surface area contributed by atoms with Gasteiger partial charge in [0.25, 0.3) is 5.91 Å². The summed E-state index contributed by atoms with van der Waals surface area (Å²) in [5, 5.41) is 0. The van der Waals surface area contributed by atoms with Crippen LogP contribution in [0.4, 0.5) is 0 Å². The SMILES string of the molecule is CCOc1cccc(-c2ccc3c(c2)C2(CC4(CCCCC4)O3)N=C(N)N(C)C2=O)c1. The minimum Gasteiger partial charge on any atom is -0.494 e. The van der Waals surface area contributed by atoms with Gasteiger partial charge in [-0.05, 0) is 68.0 Å². The molecule has 0 radical (unpaired) electrons. The summed E-state index contributed by atoms with van der Waals surface area (Å²) < 4.78 is 12.3. The molecule has 1 fully saturated rings. The van der Waals surface area contributed by atoms with Crippen LogP contribution in [-0.4, -0.2) is 36.0 Å². The summed E-state index contributed by atoms with van der Waals surface area (Å²) in [5.41, 5.74) is 7.61. The Labute approximate surface area is 183 Å². The van der Waals surface area contributed by atoms with E-state index in [0.29, 0.717) is 13.0 Å². The lowest BCUT2D eigenvalue weighted by molar-refractivity contribution is -0.135. The molecule has 2 aromatic rings. The molecule has 1 amide bonds. The van der Waals surface area contributed by atoms with E-state index in [1.807, 2.05) is 43.3 Å². The first-order valence-corrected chi connectivity index (χ1v) is 11.2. The van der Waals surface area contributed by atoms with E-state index in [1.165, 1.54) is 11.3 Å². The summed E-state index contributed by atoms with van der Waals surface area (Å²) >= 11 is 0. The number of benzene rings is 2. The van der Waals surface area contributed by atoms with Crippen LogP contribution in [0.5, 0.6) is 11.5 Å². The maximum atomic E-state index is 13.5. The van der Waals surface area contributed by atoms with Crippen molar-refractivity contribution in [3.8, 4) is 22.6 Å². The number of nitrogens with two attached hydrogens (primary N) is 1. The fourth-order valence-corrected chi connectivity index (χ4v) is 5.35. The van der Waals surface area contributed by atoms with Crippen LogP contribution in [0.15, 0.2) is 47.5 Å². The summed E-state index contributed by atoms with van der Waals surface area (Å²) in [6.07, 6.45) is 5.85. The molecule has 31 heavy (non-hydrogen) atoms. The van der Waals surface area contributed by atoms with Crippen LogP contribution in [0.2, 0.25) is 0 Å². The normalized spacial score (nSPS) is 24.1. The molecule has 0 bridgehead atoms. The number of likely N-dealkylation sites (N-methyl/N-ethyl adjacent to an activating group) is 1. The molecule has 2 spiro atoms. The standard InChI is InChI=1S/C25H29N3O3/c1-3-30-19-9-7-8-17(14-19)18-10-11-21-20(15-18)25(22(29)28(2)23(26)27-25)16-24(31-21)12-5-4-6-13-24/h7-11,14-15H,3-6,12-13,16H2,1-2H3,(H2,26,27). The Hall–Kier alpha value is -3.02. The molecular formula is C25H29N3O3. The minimum atomic E-state index is -1.02. The van der Waals surface area contributed by atoms with Crippen LogP contribution >= 0.6 is 0 Å². The van der Waals surface area contributed by atoms with Gasteiger partial charge in [0, 0.05) is 19.0 Å². The molecule has 2 heterocycles. The van der Waals surface area contributed by atoms with Gasteiger partial charge in [-0.25, -0.2) is 4.99 Å². The lowest BCUT2D eigenvalue weighted by atomic mass is 9.70. The number of fused-ring (bicyclic) bond motifs is 2. The van der Waals surface area contributed by atoms with E-state index in [4.69, 9.17) is 20.2 Å². The van der Waals surface area contributed by atoms with Crippen molar-refractivity contribution < 1.29 is 14.3 Å². The van der Waals surface area contributed by atoms with Gasteiger partial charge in [0.05, 0.1) is 6.61 Å². The molecule has 2 aliphatic heterocycles. The Morgan fingerprint density at radius 2 is 1.90 bits per heavy atom. The smallest absolute Gasteiger partial charge is 0.261 e. The average Bonchev–Trinajstić information content (AvgIpc) is 2.98. The van der Waals surface area contributed by atoms with Gasteiger partial charge in [0.1, 0.15) is 17.1 Å². The topological polar surface area (TPSA) is 77.2 Å². The van der Waals surface area contributed by atoms with Crippen molar-refractivity contribution in [2.45, 2.75) is 56.6 Å². The molecule has 1 aliphatic carbocycles. The zero-order valence-electron chi connectivity index (χ0n) is 18.2. The monoisotopic (exact) mass is 419 g/mol. The van der Waals surface area contributed by atoms with Crippen molar-refractivity contribution in [3.63, 3.8) is 0 Å². The van der Waals surface area contributed by atoms with E-state index < -0.39 is 5.54 Å². The van der Waals surface area contributed by atoms with Gasteiger partial charge in [-0.3, -0.25) is 9.69 Å². The molecule has 3 aliphatic rings. The molecule has 6 nitrogen and oxygen atoms in total. The lowest BCUT2D eigenvalue weighted by Crippen LogP contribution is -2.52. The highest BCUT2D eigenvalue weighted by Crippen LogP contribution is 2.53. The van der Waals surface area contributed by atoms with Gasteiger partial charge < -0.3 is 15.2 Å². The first kappa shape index (κ1) is 19.9. The van der Waals surface area contributed by atoms with Gasteiger partial charge in [0.15, 0.2) is 11.5 Å². The highest BCUT2D eigenvalue weighted by molar-refractivity contribution is 6.07. The van der Waals surface area contributed by atoms with Crippen molar-refractivity contribution in [3.05, 3.63) is 48.0 Å². The second kappa shape index (κ2) is 7.29.